The maximum Gasteiger partial charge on any atom is 0.255 e. The molecule has 1 heterocycles. The van der Waals surface area contributed by atoms with Crippen LogP contribution < -0.4 is 14.8 Å². The van der Waals surface area contributed by atoms with Crippen molar-refractivity contribution in [3.8, 4) is 11.8 Å². The fraction of sp³-hybridized carbons (Fsp3) is 0.100. The van der Waals surface area contributed by atoms with Gasteiger partial charge in [-0.2, -0.15) is 9.97 Å². The lowest BCUT2D eigenvalue weighted by Gasteiger charge is -2.11. The highest BCUT2D eigenvalue weighted by Crippen LogP contribution is 2.22. The predicted molar refractivity (Wildman–Crippen MR) is 99.4 cm³/mol. The monoisotopic (exact) mass is 363 g/mol. The number of carbonyl (C=O) groups is 2. The van der Waals surface area contributed by atoms with Crippen LogP contribution in [-0.2, 0) is 0 Å². The molecule has 3 rings (SSSR count). The topological polar surface area (TPSA) is 90.4 Å². The minimum atomic E-state index is -0.462. The van der Waals surface area contributed by atoms with Crippen molar-refractivity contribution in [2.24, 2.45) is 0 Å². The van der Waals surface area contributed by atoms with Crippen LogP contribution in [0, 0.1) is 0 Å². The van der Waals surface area contributed by atoms with Gasteiger partial charge in [-0.25, -0.2) is 0 Å². The fourth-order valence-electron chi connectivity index (χ4n) is 2.41. The van der Waals surface area contributed by atoms with Crippen molar-refractivity contribution in [3.63, 3.8) is 0 Å². The van der Waals surface area contributed by atoms with E-state index < -0.39 is 5.78 Å². The molecule has 27 heavy (non-hydrogen) atoms. The summed E-state index contributed by atoms with van der Waals surface area (Å²) in [6, 6.07) is 16.9. The number of aromatic nitrogens is 2. The lowest BCUT2D eigenvalue weighted by Crippen LogP contribution is -2.16. The first-order chi connectivity index (χ1) is 13.1. The Hall–Kier alpha value is -3.74. The zero-order valence-corrected chi connectivity index (χ0v) is 14.8. The van der Waals surface area contributed by atoms with Crippen LogP contribution >= 0.6 is 0 Å². The molecule has 1 aromatic heterocycles. The van der Waals surface area contributed by atoms with Crippen LogP contribution in [0.25, 0.3) is 0 Å². The molecule has 0 aliphatic rings. The largest absolute Gasteiger partial charge is 0.481 e. The van der Waals surface area contributed by atoms with Gasteiger partial charge in [-0.3, -0.25) is 9.59 Å². The highest BCUT2D eigenvalue weighted by Gasteiger charge is 2.20. The fourth-order valence-corrected chi connectivity index (χ4v) is 2.41. The smallest absolute Gasteiger partial charge is 0.255 e. The SMILES string of the molecule is COc1cc(OC)nc(C(=O)c2ccccc2NC(=O)c2ccccc2)n1. The second kappa shape index (κ2) is 8.09. The lowest BCUT2D eigenvalue weighted by molar-refractivity contribution is 0.102. The molecule has 0 atom stereocenters. The summed E-state index contributed by atoms with van der Waals surface area (Å²) in [5.41, 5.74) is 1.11. The molecule has 0 fully saturated rings. The van der Waals surface area contributed by atoms with E-state index in [-0.39, 0.29) is 29.1 Å². The predicted octanol–water partition coefficient (Wildman–Crippen LogP) is 2.98. The number of amides is 1. The molecule has 136 valence electrons. The van der Waals surface area contributed by atoms with Crippen LogP contribution in [0.5, 0.6) is 11.8 Å². The van der Waals surface area contributed by atoms with Crippen LogP contribution in [0.2, 0.25) is 0 Å². The normalized spacial score (nSPS) is 10.1. The van der Waals surface area contributed by atoms with Gasteiger partial charge in [-0.1, -0.05) is 30.3 Å². The van der Waals surface area contributed by atoms with Crippen molar-refractivity contribution < 1.29 is 19.1 Å². The van der Waals surface area contributed by atoms with Crippen LogP contribution in [0.1, 0.15) is 26.5 Å². The molecule has 3 aromatic rings. The Morgan fingerprint density at radius 1 is 0.852 bits per heavy atom. The molecule has 0 aliphatic carbocycles. The second-order valence-electron chi connectivity index (χ2n) is 5.47. The molecular weight excluding hydrogens is 346 g/mol. The number of para-hydroxylation sites is 1. The van der Waals surface area contributed by atoms with Gasteiger partial charge in [0.15, 0.2) is 0 Å². The number of ether oxygens (including phenoxy) is 2. The second-order valence-corrected chi connectivity index (χ2v) is 5.47. The number of nitrogens with one attached hydrogen (secondary N) is 1. The van der Waals surface area contributed by atoms with Gasteiger partial charge in [-0.05, 0) is 24.3 Å². The van der Waals surface area contributed by atoms with Gasteiger partial charge in [0.2, 0.25) is 23.4 Å². The van der Waals surface area contributed by atoms with E-state index in [1.165, 1.54) is 20.3 Å². The molecule has 0 spiro atoms. The number of hydrogen-bond donors (Lipinski definition) is 1. The number of rotatable bonds is 6. The van der Waals surface area contributed by atoms with E-state index in [0.29, 0.717) is 11.3 Å². The van der Waals surface area contributed by atoms with E-state index in [0.717, 1.165) is 0 Å². The third-order valence-electron chi connectivity index (χ3n) is 3.76. The summed E-state index contributed by atoms with van der Waals surface area (Å²) < 4.78 is 10.2. The van der Waals surface area contributed by atoms with E-state index in [1.807, 2.05) is 6.07 Å². The average molecular weight is 363 g/mol. The minimum Gasteiger partial charge on any atom is -0.481 e. The Balaban J connectivity index is 1.94. The molecule has 0 saturated carbocycles. The molecule has 2 aromatic carbocycles. The van der Waals surface area contributed by atoms with Crippen molar-refractivity contribution in [3.05, 3.63) is 77.6 Å². The van der Waals surface area contributed by atoms with Crippen molar-refractivity contribution in [1.29, 1.82) is 0 Å². The average Bonchev–Trinajstić information content (AvgIpc) is 2.73. The van der Waals surface area contributed by atoms with Crippen LogP contribution in [0.4, 0.5) is 5.69 Å². The number of anilines is 1. The van der Waals surface area contributed by atoms with Gasteiger partial charge >= 0.3 is 0 Å². The van der Waals surface area contributed by atoms with E-state index in [9.17, 15) is 9.59 Å². The van der Waals surface area contributed by atoms with Crippen LogP contribution in [0.3, 0.4) is 0 Å². The Morgan fingerprint density at radius 2 is 1.44 bits per heavy atom. The van der Waals surface area contributed by atoms with Crippen LogP contribution in [0.15, 0.2) is 60.7 Å². The highest BCUT2D eigenvalue weighted by atomic mass is 16.5. The molecule has 1 amide bonds. The van der Waals surface area contributed by atoms with Crippen LogP contribution in [-0.4, -0.2) is 35.9 Å². The molecule has 0 bridgehead atoms. The zero-order chi connectivity index (χ0) is 19.2. The van der Waals surface area contributed by atoms with Gasteiger partial charge < -0.3 is 14.8 Å². The van der Waals surface area contributed by atoms with Crippen molar-refractivity contribution >= 4 is 17.4 Å². The van der Waals surface area contributed by atoms with Crippen molar-refractivity contribution in [2.45, 2.75) is 0 Å². The number of ketones is 1. The first kappa shape index (κ1) is 18.1. The molecule has 1 N–H and O–H groups in total. The third kappa shape index (κ3) is 4.09. The zero-order valence-electron chi connectivity index (χ0n) is 14.8. The van der Waals surface area contributed by atoms with Gasteiger partial charge in [0, 0.05) is 11.1 Å². The molecule has 0 unspecified atom stereocenters. The quantitative estimate of drug-likeness (QED) is 0.677. The Bertz CT molecular complexity index is 952. The summed E-state index contributed by atoms with van der Waals surface area (Å²) in [6.07, 6.45) is 0. The molecule has 0 aliphatic heterocycles. The summed E-state index contributed by atoms with van der Waals surface area (Å²) in [6.45, 7) is 0. The number of benzene rings is 2. The van der Waals surface area contributed by atoms with Crippen molar-refractivity contribution in [1.82, 2.24) is 9.97 Å². The molecule has 7 nitrogen and oxygen atoms in total. The highest BCUT2D eigenvalue weighted by molar-refractivity contribution is 6.13. The molecule has 0 radical (unpaired) electrons. The van der Waals surface area contributed by atoms with Gasteiger partial charge in [0.1, 0.15) is 0 Å². The van der Waals surface area contributed by atoms with Gasteiger partial charge in [0.25, 0.3) is 5.91 Å². The van der Waals surface area contributed by atoms with E-state index in [1.54, 1.807) is 48.5 Å². The summed E-state index contributed by atoms with van der Waals surface area (Å²) in [5, 5.41) is 2.76. The summed E-state index contributed by atoms with van der Waals surface area (Å²) in [4.78, 5) is 33.5. The number of nitrogens with zero attached hydrogens (tertiary/aromatic N) is 2. The minimum absolute atomic E-state index is 0.0902. The Morgan fingerprint density at radius 3 is 2.07 bits per heavy atom. The summed E-state index contributed by atoms with van der Waals surface area (Å²) >= 11 is 0. The summed E-state index contributed by atoms with van der Waals surface area (Å²) in [7, 11) is 2.87. The van der Waals surface area contributed by atoms with Gasteiger partial charge in [0.05, 0.1) is 26.0 Å². The number of methoxy groups -OCH3 is 2. The first-order valence-corrected chi connectivity index (χ1v) is 8.09. The number of hydrogen-bond acceptors (Lipinski definition) is 6. The third-order valence-corrected chi connectivity index (χ3v) is 3.76. The van der Waals surface area contributed by atoms with E-state index in [2.05, 4.69) is 15.3 Å². The van der Waals surface area contributed by atoms with Crippen molar-refractivity contribution in [2.75, 3.05) is 19.5 Å². The molecule has 0 saturated heterocycles. The standard InChI is InChI=1S/C20H17N3O4/c1-26-16-12-17(27-2)23-19(22-16)18(24)14-10-6-7-11-15(14)21-20(25)13-8-4-3-5-9-13/h3-12H,1-2H3,(H,21,25). The lowest BCUT2D eigenvalue weighted by atomic mass is 10.1. The molecule has 7 heteroatoms. The first-order valence-electron chi connectivity index (χ1n) is 8.09. The maximum absolute atomic E-state index is 12.9. The maximum atomic E-state index is 12.9. The number of carbonyl (C=O) groups excluding carboxylic acids is 2. The molecular formula is C20H17N3O4. The Kier molecular flexibility index (Phi) is 5.41. The van der Waals surface area contributed by atoms with Gasteiger partial charge in [-0.15, -0.1) is 0 Å². The van der Waals surface area contributed by atoms with E-state index in [4.69, 9.17) is 9.47 Å². The Labute approximate surface area is 156 Å². The summed E-state index contributed by atoms with van der Waals surface area (Å²) in [5.74, 6) is -0.462. The van der Waals surface area contributed by atoms with E-state index >= 15 is 0 Å².